The molecule has 0 unspecified atom stereocenters. The number of likely N-dealkylation sites (tertiary alicyclic amines) is 1. The minimum atomic E-state index is -0.0505. The Hall–Kier alpha value is -2.40. The Morgan fingerprint density at radius 1 is 1.32 bits per heavy atom. The van der Waals surface area contributed by atoms with Crippen molar-refractivity contribution in [1.29, 1.82) is 0 Å². The highest BCUT2D eigenvalue weighted by atomic mass is 35.5. The van der Waals surface area contributed by atoms with Crippen molar-refractivity contribution in [1.82, 2.24) is 9.88 Å². The molecule has 2 aromatic heterocycles. The van der Waals surface area contributed by atoms with Crippen molar-refractivity contribution in [3.05, 3.63) is 53.4 Å². The largest absolute Gasteiger partial charge is 0.485 e. The van der Waals surface area contributed by atoms with Crippen LogP contribution >= 0.6 is 11.6 Å². The number of para-hydroxylation sites is 1. The van der Waals surface area contributed by atoms with E-state index in [4.69, 9.17) is 20.8 Å². The summed E-state index contributed by atoms with van der Waals surface area (Å²) >= 11 is 6.06. The molecule has 1 amide bonds. The maximum atomic E-state index is 12.3. The van der Waals surface area contributed by atoms with Gasteiger partial charge in [-0.3, -0.25) is 4.79 Å². The maximum Gasteiger partial charge on any atom is 0.270 e. The number of aromatic amines is 1. The van der Waals surface area contributed by atoms with Crippen LogP contribution in [0.3, 0.4) is 0 Å². The zero-order valence-electron chi connectivity index (χ0n) is 11.6. The van der Waals surface area contributed by atoms with Gasteiger partial charge in [0.25, 0.3) is 5.91 Å². The number of H-pyrrole nitrogens is 1. The lowest BCUT2D eigenvalue weighted by Crippen LogP contribution is -2.56. The van der Waals surface area contributed by atoms with Gasteiger partial charge >= 0.3 is 0 Å². The second-order valence-corrected chi connectivity index (χ2v) is 5.67. The van der Waals surface area contributed by atoms with Crippen LogP contribution in [0.4, 0.5) is 0 Å². The number of rotatable bonds is 3. The first-order valence-electron chi connectivity index (χ1n) is 6.97. The molecular weight excluding hydrogens is 304 g/mol. The average molecular weight is 317 g/mol. The minimum Gasteiger partial charge on any atom is -0.485 e. The third kappa shape index (κ3) is 2.23. The third-order valence-corrected chi connectivity index (χ3v) is 4.05. The van der Waals surface area contributed by atoms with Crippen molar-refractivity contribution in [2.45, 2.75) is 6.10 Å². The average Bonchev–Trinajstić information content (AvgIpc) is 3.04. The van der Waals surface area contributed by atoms with E-state index in [2.05, 4.69) is 4.98 Å². The summed E-state index contributed by atoms with van der Waals surface area (Å²) in [6.07, 6.45) is 1.56. The molecule has 6 heteroatoms. The van der Waals surface area contributed by atoms with Crippen LogP contribution in [-0.4, -0.2) is 35.0 Å². The zero-order chi connectivity index (χ0) is 15.1. The molecule has 1 N–H and O–H groups in total. The van der Waals surface area contributed by atoms with Crippen LogP contribution in [0.1, 0.15) is 10.5 Å². The van der Waals surface area contributed by atoms with Crippen LogP contribution in [0.5, 0.6) is 5.75 Å². The highest BCUT2D eigenvalue weighted by molar-refractivity contribution is 6.32. The fourth-order valence-corrected chi connectivity index (χ4v) is 2.71. The number of nitrogens with one attached hydrogen (secondary N) is 1. The van der Waals surface area contributed by atoms with Crippen molar-refractivity contribution >= 4 is 28.6 Å². The third-order valence-electron chi connectivity index (χ3n) is 3.74. The van der Waals surface area contributed by atoms with E-state index in [9.17, 15) is 4.79 Å². The molecule has 1 aliphatic heterocycles. The smallest absolute Gasteiger partial charge is 0.270 e. The molecule has 112 valence electrons. The van der Waals surface area contributed by atoms with Crippen molar-refractivity contribution in [3.63, 3.8) is 0 Å². The molecule has 0 bridgehead atoms. The van der Waals surface area contributed by atoms with E-state index in [0.717, 1.165) is 5.52 Å². The number of furan rings is 1. The van der Waals surface area contributed by atoms with Gasteiger partial charge in [0.05, 0.1) is 29.9 Å². The lowest BCUT2D eigenvalue weighted by atomic mass is 10.1. The summed E-state index contributed by atoms with van der Waals surface area (Å²) in [5.74, 6) is 0.601. The lowest BCUT2D eigenvalue weighted by molar-refractivity contribution is 0.0174. The van der Waals surface area contributed by atoms with Crippen molar-refractivity contribution in [2.24, 2.45) is 0 Å². The molecule has 0 aliphatic carbocycles. The van der Waals surface area contributed by atoms with Crippen LogP contribution in [-0.2, 0) is 0 Å². The number of aromatic nitrogens is 1. The molecule has 0 saturated carbocycles. The molecule has 3 heterocycles. The van der Waals surface area contributed by atoms with Gasteiger partial charge in [-0.1, -0.05) is 23.7 Å². The quantitative estimate of drug-likeness (QED) is 0.806. The predicted molar refractivity (Wildman–Crippen MR) is 82.3 cm³/mol. The summed E-state index contributed by atoms with van der Waals surface area (Å²) in [6.45, 7) is 1.09. The molecule has 0 radical (unpaired) electrons. The van der Waals surface area contributed by atoms with Crippen LogP contribution in [0, 0.1) is 0 Å². The molecule has 0 atom stereocenters. The number of carbonyl (C=O) groups is 1. The number of carbonyl (C=O) groups excluding carboxylic acids is 1. The van der Waals surface area contributed by atoms with Crippen LogP contribution < -0.4 is 4.74 Å². The van der Waals surface area contributed by atoms with E-state index in [1.54, 1.807) is 29.4 Å². The highest BCUT2D eigenvalue weighted by Crippen LogP contribution is 2.27. The number of halogens is 1. The Morgan fingerprint density at radius 2 is 2.14 bits per heavy atom. The van der Waals surface area contributed by atoms with E-state index in [1.165, 1.54) is 0 Å². The molecule has 4 rings (SSSR count). The molecule has 1 fully saturated rings. The molecule has 1 aliphatic rings. The second-order valence-electron chi connectivity index (χ2n) is 5.26. The zero-order valence-corrected chi connectivity index (χ0v) is 12.3. The fourth-order valence-electron chi connectivity index (χ4n) is 2.53. The van der Waals surface area contributed by atoms with E-state index in [-0.39, 0.29) is 12.0 Å². The van der Waals surface area contributed by atoms with Gasteiger partial charge in [-0.05, 0) is 12.1 Å². The van der Waals surface area contributed by atoms with Crippen LogP contribution in [0.2, 0.25) is 5.02 Å². The first-order chi connectivity index (χ1) is 10.7. The van der Waals surface area contributed by atoms with E-state index in [0.29, 0.717) is 35.1 Å². The normalized spacial score (nSPS) is 15.0. The molecule has 1 aromatic carbocycles. The number of amides is 1. The summed E-state index contributed by atoms with van der Waals surface area (Å²) in [5, 5.41) is 0.581. The van der Waals surface area contributed by atoms with Crippen LogP contribution in [0.25, 0.3) is 11.1 Å². The standard InChI is InChI=1S/C16H13ClN2O3/c17-11-3-1-2-4-14(11)22-10-8-19(9-10)16(20)13-7-15-12(18-13)5-6-21-15/h1-7,10,18H,8-9H2. The van der Waals surface area contributed by atoms with Crippen molar-refractivity contribution < 1.29 is 13.9 Å². The Kier molecular flexibility index (Phi) is 3.08. The first kappa shape index (κ1) is 13.3. The van der Waals surface area contributed by atoms with Gasteiger partial charge in [0.15, 0.2) is 5.58 Å². The number of hydrogen-bond donors (Lipinski definition) is 1. The number of nitrogens with zero attached hydrogens (tertiary/aromatic N) is 1. The van der Waals surface area contributed by atoms with Gasteiger partial charge in [-0.2, -0.15) is 0 Å². The van der Waals surface area contributed by atoms with Gasteiger partial charge in [0, 0.05) is 12.1 Å². The summed E-state index contributed by atoms with van der Waals surface area (Å²) in [6, 6.07) is 10.9. The van der Waals surface area contributed by atoms with Gasteiger partial charge in [-0.25, -0.2) is 0 Å². The topological polar surface area (TPSA) is 58.5 Å². The summed E-state index contributed by atoms with van der Waals surface area (Å²) in [5.41, 5.74) is 2.05. The Labute approximate surface area is 131 Å². The minimum absolute atomic E-state index is 0.0261. The van der Waals surface area contributed by atoms with Crippen molar-refractivity contribution in [2.75, 3.05) is 13.1 Å². The molecule has 22 heavy (non-hydrogen) atoms. The summed E-state index contributed by atoms with van der Waals surface area (Å²) < 4.78 is 11.0. The van der Waals surface area contributed by atoms with Gasteiger partial charge in [0.1, 0.15) is 17.5 Å². The number of hydrogen-bond acceptors (Lipinski definition) is 3. The highest BCUT2D eigenvalue weighted by Gasteiger charge is 2.33. The van der Waals surface area contributed by atoms with E-state index < -0.39 is 0 Å². The Morgan fingerprint density at radius 3 is 2.91 bits per heavy atom. The van der Waals surface area contributed by atoms with Crippen LogP contribution in [0.15, 0.2) is 47.1 Å². The Balaban J connectivity index is 1.39. The van der Waals surface area contributed by atoms with E-state index in [1.807, 2.05) is 18.2 Å². The fraction of sp³-hybridized carbons (Fsp3) is 0.188. The molecule has 1 saturated heterocycles. The van der Waals surface area contributed by atoms with Gasteiger partial charge in [0.2, 0.25) is 0 Å². The number of ether oxygens (including phenoxy) is 1. The monoisotopic (exact) mass is 316 g/mol. The SMILES string of the molecule is O=C(c1cc2occc2[nH]1)N1CC(Oc2ccccc2Cl)C1. The number of fused-ring (bicyclic) bond motifs is 1. The maximum absolute atomic E-state index is 12.3. The Bertz CT molecular complexity index is 804. The van der Waals surface area contributed by atoms with Gasteiger partial charge in [-0.15, -0.1) is 0 Å². The first-order valence-corrected chi connectivity index (χ1v) is 7.35. The summed E-state index contributed by atoms with van der Waals surface area (Å²) in [4.78, 5) is 17.1. The van der Waals surface area contributed by atoms with Gasteiger partial charge < -0.3 is 19.0 Å². The van der Waals surface area contributed by atoms with E-state index >= 15 is 0 Å². The molecule has 5 nitrogen and oxygen atoms in total. The predicted octanol–water partition coefficient (Wildman–Crippen LogP) is 3.32. The molecule has 3 aromatic rings. The number of benzene rings is 1. The lowest BCUT2D eigenvalue weighted by Gasteiger charge is -2.38. The second kappa shape index (κ2) is 5.10. The summed E-state index contributed by atoms with van der Waals surface area (Å²) in [7, 11) is 0. The molecular formula is C16H13ClN2O3. The van der Waals surface area contributed by atoms with Crippen molar-refractivity contribution in [3.8, 4) is 5.75 Å². The molecule has 0 spiro atoms.